The van der Waals surface area contributed by atoms with Crippen LogP contribution in [0.15, 0.2) is 20.9 Å². The minimum absolute atomic E-state index is 0.696. The Kier molecular flexibility index (Phi) is 3.78. The molecule has 0 amide bonds. The summed E-state index contributed by atoms with van der Waals surface area (Å²) in [5.74, 6) is 2.13. The number of halogens is 1. The first-order valence-electron chi connectivity index (χ1n) is 5.98. The molecule has 1 aromatic heterocycles. The highest BCUT2D eigenvalue weighted by molar-refractivity contribution is 9.10. The lowest BCUT2D eigenvalue weighted by Crippen LogP contribution is -2.41. The highest BCUT2D eigenvalue weighted by Crippen LogP contribution is 2.33. The van der Waals surface area contributed by atoms with Crippen molar-refractivity contribution >= 4 is 44.2 Å². The summed E-state index contributed by atoms with van der Waals surface area (Å²) in [4.78, 5) is 6.01. The maximum Gasteiger partial charge on any atom is 0.157 e. The van der Waals surface area contributed by atoms with E-state index in [0.29, 0.717) is 6.04 Å². The summed E-state index contributed by atoms with van der Waals surface area (Å²) in [6, 6.07) is 2.79. The smallest absolute Gasteiger partial charge is 0.157 e. The second-order valence-corrected chi connectivity index (χ2v) is 7.43. The Morgan fingerprint density at radius 3 is 3.24 bits per heavy atom. The van der Waals surface area contributed by atoms with Crippen LogP contribution in [0, 0.1) is 5.92 Å². The van der Waals surface area contributed by atoms with E-state index in [1.807, 2.05) is 11.8 Å². The quantitative estimate of drug-likeness (QED) is 0.890. The van der Waals surface area contributed by atoms with E-state index in [1.165, 1.54) is 34.4 Å². The second kappa shape index (κ2) is 5.33. The number of hydrogen-bond acceptors (Lipinski definition) is 3. The van der Waals surface area contributed by atoms with Crippen molar-refractivity contribution in [2.24, 2.45) is 10.9 Å². The number of nitrogens with zero attached hydrogens (tertiary/aromatic N) is 1. The van der Waals surface area contributed by atoms with Gasteiger partial charge in [0.25, 0.3) is 0 Å². The third-order valence-electron chi connectivity index (χ3n) is 3.46. The molecule has 2 aliphatic rings. The number of hydrogen-bond donors (Lipinski definition) is 1. The lowest BCUT2D eigenvalue weighted by Gasteiger charge is -2.27. The first kappa shape index (κ1) is 12.1. The Bertz CT molecular complexity index is 430. The third-order valence-corrected chi connectivity index (χ3v) is 6.49. The molecule has 1 N–H and O–H groups in total. The van der Waals surface area contributed by atoms with E-state index in [1.54, 1.807) is 11.3 Å². The first-order valence-corrected chi connectivity index (χ1v) is 8.64. The fourth-order valence-electron chi connectivity index (χ4n) is 2.49. The van der Waals surface area contributed by atoms with Crippen molar-refractivity contribution in [2.75, 3.05) is 5.75 Å². The van der Waals surface area contributed by atoms with Crippen molar-refractivity contribution in [3.63, 3.8) is 0 Å². The molecule has 0 spiro atoms. The molecule has 2 atom stereocenters. The van der Waals surface area contributed by atoms with E-state index in [-0.39, 0.29) is 0 Å². The van der Waals surface area contributed by atoms with Crippen molar-refractivity contribution in [3.8, 4) is 0 Å². The van der Waals surface area contributed by atoms with Gasteiger partial charge in [0.15, 0.2) is 5.17 Å². The van der Waals surface area contributed by atoms with Crippen molar-refractivity contribution in [3.05, 3.63) is 20.8 Å². The van der Waals surface area contributed by atoms with Crippen LogP contribution in [-0.2, 0) is 6.54 Å². The molecule has 92 valence electrons. The van der Waals surface area contributed by atoms with Crippen LogP contribution in [-0.4, -0.2) is 17.0 Å². The van der Waals surface area contributed by atoms with Crippen LogP contribution in [0.5, 0.6) is 0 Å². The summed E-state index contributed by atoms with van der Waals surface area (Å²) in [5.41, 5.74) is 0. The molecule has 1 aliphatic heterocycles. The van der Waals surface area contributed by atoms with Gasteiger partial charge < -0.3 is 5.32 Å². The minimum atomic E-state index is 0.696. The van der Waals surface area contributed by atoms with Gasteiger partial charge in [0.05, 0.1) is 6.54 Å². The molecule has 2 fully saturated rings. The van der Waals surface area contributed by atoms with Crippen LogP contribution in [0.3, 0.4) is 0 Å². The summed E-state index contributed by atoms with van der Waals surface area (Å²) < 4.78 is 1.19. The molecule has 1 saturated heterocycles. The Morgan fingerprint density at radius 2 is 2.41 bits per heavy atom. The van der Waals surface area contributed by atoms with Gasteiger partial charge in [-0.25, -0.2) is 0 Å². The number of thioether (sulfide) groups is 1. The van der Waals surface area contributed by atoms with Gasteiger partial charge in [0, 0.05) is 21.1 Å². The van der Waals surface area contributed by atoms with Gasteiger partial charge in [0.1, 0.15) is 0 Å². The molecule has 5 heteroatoms. The fraction of sp³-hybridized carbons (Fsp3) is 0.583. The Morgan fingerprint density at radius 1 is 1.47 bits per heavy atom. The minimum Gasteiger partial charge on any atom is -0.362 e. The molecular weight excluding hydrogens is 316 g/mol. The average molecular weight is 331 g/mol. The topological polar surface area (TPSA) is 24.4 Å². The summed E-state index contributed by atoms with van der Waals surface area (Å²) >= 11 is 7.21. The Balaban J connectivity index is 1.63. The van der Waals surface area contributed by atoms with Crippen LogP contribution >= 0.6 is 39.0 Å². The highest BCUT2D eigenvalue weighted by atomic mass is 79.9. The van der Waals surface area contributed by atoms with E-state index < -0.39 is 0 Å². The van der Waals surface area contributed by atoms with E-state index in [0.717, 1.165) is 17.6 Å². The SMILES string of the molecule is Brc1ccsc1CN=C1NC2CCCC2CS1. The molecule has 3 rings (SSSR count). The predicted octanol–water partition coefficient (Wildman–Crippen LogP) is 3.87. The molecule has 17 heavy (non-hydrogen) atoms. The first-order chi connectivity index (χ1) is 8.33. The zero-order chi connectivity index (χ0) is 11.7. The summed E-state index contributed by atoms with van der Waals surface area (Å²) in [5, 5.41) is 6.85. The number of thiophene rings is 1. The maximum atomic E-state index is 4.70. The van der Waals surface area contributed by atoms with Crippen molar-refractivity contribution in [1.29, 1.82) is 0 Å². The molecular formula is C12H15BrN2S2. The van der Waals surface area contributed by atoms with E-state index in [4.69, 9.17) is 4.99 Å². The van der Waals surface area contributed by atoms with Crippen LogP contribution < -0.4 is 5.32 Å². The normalized spacial score (nSPS) is 30.3. The van der Waals surface area contributed by atoms with E-state index in [2.05, 4.69) is 32.7 Å². The summed E-state index contributed by atoms with van der Waals surface area (Å²) in [7, 11) is 0. The van der Waals surface area contributed by atoms with E-state index >= 15 is 0 Å². The zero-order valence-corrected chi connectivity index (χ0v) is 12.7. The monoisotopic (exact) mass is 330 g/mol. The predicted molar refractivity (Wildman–Crippen MR) is 79.9 cm³/mol. The Hall–Kier alpha value is -0.000000000000000111. The zero-order valence-electron chi connectivity index (χ0n) is 9.49. The molecule has 1 aliphatic carbocycles. The van der Waals surface area contributed by atoms with Gasteiger partial charge in [-0.15, -0.1) is 11.3 Å². The number of nitrogens with one attached hydrogen (secondary N) is 1. The molecule has 1 saturated carbocycles. The molecule has 2 nitrogen and oxygen atoms in total. The van der Waals surface area contributed by atoms with Crippen LogP contribution in [0.4, 0.5) is 0 Å². The highest BCUT2D eigenvalue weighted by Gasteiger charge is 2.31. The van der Waals surface area contributed by atoms with Gasteiger partial charge in [-0.05, 0) is 46.1 Å². The number of fused-ring (bicyclic) bond motifs is 1. The van der Waals surface area contributed by atoms with Crippen LogP contribution in [0.2, 0.25) is 0 Å². The van der Waals surface area contributed by atoms with Crippen LogP contribution in [0.1, 0.15) is 24.1 Å². The van der Waals surface area contributed by atoms with Crippen LogP contribution in [0.25, 0.3) is 0 Å². The molecule has 0 bridgehead atoms. The fourth-order valence-corrected chi connectivity index (χ4v) is 5.05. The summed E-state index contributed by atoms with van der Waals surface area (Å²) in [6.45, 7) is 0.797. The largest absolute Gasteiger partial charge is 0.362 e. The van der Waals surface area contributed by atoms with Crippen molar-refractivity contribution in [2.45, 2.75) is 31.8 Å². The summed E-state index contributed by atoms with van der Waals surface area (Å²) in [6.07, 6.45) is 4.11. The number of amidine groups is 1. The van der Waals surface area contributed by atoms with Gasteiger partial charge in [-0.1, -0.05) is 18.2 Å². The van der Waals surface area contributed by atoms with Gasteiger partial charge in [0.2, 0.25) is 0 Å². The Labute approximate surface area is 118 Å². The molecule has 2 heterocycles. The molecule has 0 radical (unpaired) electrons. The molecule has 2 unspecified atom stereocenters. The standard InChI is InChI=1S/C12H15BrN2S2/c13-9-4-5-16-11(9)6-14-12-15-10-3-1-2-8(10)7-17-12/h4-5,8,10H,1-3,6-7H2,(H,14,15). The maximum absolute atomic E-state index is 4.70. The number of aliphatic imine (C=N–C) groups is 1. The molecule has 1 aromatic rings. The van der Waals surface area contributed by atoms with Crippen molar-refractivity contribution < 1.29 is 0 Å². The third kappa shape index (κ3) is 2.71. The number of rotatable bonds is 2. The van der Waals surface area contributed by atoms with Gasteiger partial charge >= 0.3 is 0 Å². The lowest BCUT2D eigenvalue weighted by atomic mass is 10.1. The van der Waals surface area contributed by atoms with Gasteiger partial charge in [-0.2, -0.15) is 0 Å². The van der Waals surface area contributed by atoms with Crippen molar-refractivity contribution in [1.82, 2.24) is 5.32 Å². The lowest BCUT2D eigenvalue weighted by molar-refractivity contribution is 0.490. The van der Waals surface area contributed by atoms with Gasteiger partial charge in [-0.3, -0.25) is 4.99 Å². The van der Waals surface area contributed by atoms with E-state index in [9.17, 15) is 0 Å². The average Bonchev–Trinajstić information content (AvgIpc) is 2.94. The second-order valence-electron chi connectivity index (χ2n) is 4.57. The molecule has 0 aromatic carbocycles.